The lowest BCUT2D eigenvalue weighted by atomic mass is 10.2. The number of carbonyl (C=O) groups excluding carboxylic acids is 1. The number of hydrogen-bond donors (Lipinski definition) is 1. The fourth-order valence-electron chi connectivity index (χ4n) is 1.82. The number of carbonyl (C=O) groups is 1. The van der Waals surface area contributed by atoms with Gasteiger partial charge in [0, 0.05) is 23.5 Å². The summed E-state index contributed by atoms with van der Waals surface area (Å²) in [5.74, 6) is -0.189. The molecule has 0 fully saturated rings. The summed E-state index contributed by atoms with van der Waals surface area (Å²) in [5, 5.41) is 3.44. The SMILES string of the molecule is Cc1nc(NC(=O)c2cccn3ccnc23)sc1C. The van der Waals surface area contributed by atoms with Gasteiger partial charge in [0.05, 0.1) is 11.3 Å². The van der Waals surface area contributed by atoms with Crippen molar-refractivity contribution in [3.05, 3.63) is 46.9 Å². The van der Waals surface area contributed by atoms with Gasteiger partial charge in [-0.25, -0.2) is 9.97 Å². The van der Waals surface area contributed by atoms with Crippen molar-refractivity contribution in [2.24, 2.45) is 0 Å². The number of amides is 1. The molecule has 0 saturated heterocycles. The zero-order valence-electron chi connectivity index (χ0n) is 10.5. The second-order valence-electron chi connectivity index (χ2n) is 4.19. The maximum atomic E-state index is 12.2. The molecule has 0 aliphatic carbocycles. The van der Waals surface area contributed by atoms with Crippen LogP contribution in [0.5, 0.6) is 0 Å². The highest BCUT2D eigenvalue weighted by atomic mass is 32.1. The number of nitrogens with zero attached hydrogens (tertiary/aromatic N) is 3. The van der Waals surface area contributed by atoms with Crippen molar-refractivity contribution >= 4 is 28.0 Å². The Labute approximate surface area is 113 Å². The predicted octanol–water partition coefficient (Wildman–Crippen LogP) is 2.66. The first kappa shape index (κ1) is 11.9. The van der Waals surface area contributed by atoms with Gasteiger partial charge < -0.3 is 4.40 Å². The summed E-state index contributed by atoms with van der Waals surface area (Å²) < 4.78 is 1.81. The van der Waals surface area contributed by atoms with Crippen molar-refractivity contribution in [3.8, 4) is 0 Å². The number of thiazole rings is 1. The van der Waals surface area contributed by atoms with Crippen molar-refractivity contribution in [2.75, 3.05) is 5.32 Å². The summed E-state index contributed by atoms with van der Waals surface area (Å²) >= 11 is 1.47. The lowest BCUT2D eigenvalue weighted by molar-refractivity contribution is 0.102. The quantitative estimate of drug-likeness (QED) is 0.780. The molecule has 5 nitrogen and oxygen atoms in total. The van der Waals surface area contributed by atoms with Gasteiger partial charge in [0.25, 0.3) is 5.91 Å². The minimum Gasteiger partial charge on any atom is -0.306 e. The van der Waals surface area contributed by atoms with Crippen molar-refractivity contribution in [3.63, 3.8) is 0 Å². The van der Waals surface area contributed by atoms with E-state index in [4.69, 9.17) is 0 Å². The lowest BCUT2D eigenvalue weighted by Gasteiger charge is -2.03. The average molecular weight is 272 g/mol. The van der Waals surface area contributed by atoms with E-state index >= 15 is 0 Å². The van der Waals surface area contributed by atoms with Crippen molar-refractivity contribution in [2.45, 2.75) is 13.8 Å². The first-order valence-corrected chi connectivity index (χ1v) is 6.64. The Balaban J connectivity index is 1.94. The summed E-state index contributed by atoms with van der Waals surface area (Å²) in [6.07, 6.45) is 5.34. The third kappa shape index (κ3) is 2.10. The number of aryl methyl sites for hydroxylation is 2. The minimum atomic E-state index is -0.189. The first-order valence-electron chi connectivity index (χ1n) is 5.82. The number of fused-ring (bicyclic) bond motifs is 1. The van der Waals surface area contributed by atoms with Crippen LogP contribution < -0.4 is 5.32 Å². The van der Waals surface area contributed by atoms with Crippen LogP contribution in [-0.4, -0.2) is 20.3 Å². The Morgan fingerprint density at radius 2 is 2.21 bits per heavy atom. The molecule has 3 rings (SSSR count). The van der Waals surface area contributed by atoms with Crippen LogP contribution in [0.15, 0.2) is 30.7 Å². The highest BCUT2D eigenvalue weighted by Gasteiger charge is 2.13. The third-order valence-corrected chi connectivity index (χ3v) is 3.90. The highest BCUT2D eigenvalue weighted by molar-refractivity contribution is 7.15. The highest BCUT2D eigenvalue weighted by Crippen LogP contribution is 2.22. The number of anilines is 1. The van der Waals surface area contributed by atoms with Gasteiger partial charge in [-0.2, -0.15) is 0 Å². The zero-order chi connectivity index (χ0) is 13.4. The van der Waals surface area contributed by atoms with E-state index in [2.05, 4.69) is 15.3 Å². The summed E-state index contributed by atoms with van der Waals surface area (Å²) in [4.78, 5) is 21.8. The van der Waals surface area contributed by atoms with Crippen LogP contribution in [0.4, 0.5) is 5.13 Å². The molecule has 96 valence electrons. The molecule has 3 aromatic heterocycles. The molecule has 0 radical (unpaired) electrons. The van der Waals surface area contributed by atoms with Gasteiger partial charge >= 0.3 is 0 Å². The Bertz CT molecular complexity index is 739. The van der Waals surface area contributed by atoms with Gasteiger partial charge in [0.1, 0.15) is 5.65 Å². The van der Waals surface area contributed by atoms with E-state index in [1.165, 1.54) is 11.3 Å². The summed E-state index contributed by atoms with van der Waals surface area (Å²) in [7, 11) is 0. The first-order chi connectivity index (χ1) is 9.15. The van der Waals surface area contributed by atoms with Crippen LogP contribution in [0.25, 0.3) is 5.65 Å². The minimum absolute atomic E-state index is 0.189. The van der Waals surface area contributed by atoms with Crippen LogP contribution in [0.2, 0.25) is 0 Å². The van der Waals surface area contributed by atoms with Gasteiger partial charge in [-0.15, -0.1) is 11.3 Å². The van der Waals surface area contributed by atoms with Gasteiger partial charge in [0.15, 0.2) is 5.13 Å². The van der Waals surface area contributed by atoms with E-state index < -0.39 is 0 Å². The van der Waals surface area contributed by atoms with Crippen LogP contribution >= 0.6 is 11.3 Å². The lowest BCUT2D eigenvalue weighted by Crippen LogP contribution is -2.13. The van der Waals surface area contributed by atoms with Gasteiger partial charge in [0.2, 0.25) is 0 Å². The number of nitrogens with one attached hydrogen (secondary N) is 1. The molecule has 0 atom stereocenters. The molecule has 3 aromatic rings. The molecule has 0 aliphatic heterocycles. The Morgan fingerprint density at radius 3 is 2.95 bits per heavy atom. The van der Waals surface area contributed by atoms with E-state index in [1.807, 2.05) is 36.7 Å². The summed E-state index contributed by atoms with van der Waals surface area (Å²) in [6.45, 7) is 3.91. The summed E-state index contributed by atoms with van der Waals surface area (Å²) in [6, 6.07) is 3.58. The number of aromatic nitrogens is 3. The molecular formula is C13H12N4OS. The van der Waals surface area contributed by atoms with E-state index in [0.717, 1.165) is 10.6 Å². The topological polar surface area (TPSA) is 59.3 Å². The fraction of sp³-hybridized carbons (Fsp3) is 0.154. The van der Waals surface area contributed by atoms with E-state index in [1.54, 1.807) is 12.3 Å². The van der Waals surface area contributed by atoms with Crippen LogP contribution in [-0.2, 0) is 0 Å². The molecule has 0 saturated carbocycles. The van der Waals surface area contributed by atoms with Gasteiger partial charge in [-0.3, -0.25) is 10.1 Å². The molecule has 1 N–H and O–H groups in total. The molecule has 0 spiro atoms. The molecule has 0 aromatic carbocycles. The maximum Gasteiger partial charge on any atom is 0.261 e. The number of rotatable bonds is 2. The molecular weight excluding hydrogens is 260 g/mol. The Morgan fingerprint density at radius 1 is 1.37 bits per heavy atom. The van der Waals surface area contributed by atoms with E-state index in [0.29, 0.717) is 16.3 Å². The smallest absolute Gasteiger partial charge is 0.261 e. The van der Waals surface area contributed by atoms with Crippen molar-refractivity contribution in [1.29, 1.82) is 0 Å². The predicted molar refractivity (Wildman–Crippen MR) is 74.7 cm³/mol. The molecule has 1 amide bonds. The van der Waals surface area contributed by atoms with Crippen molar-refractivity contribution < 1.29 is 4.79 Å². The number of imidazole rings is 1. The van der Waals surface area contributed by atoms with E-state index in [9.17, 15) is 4.79 Å². The zero-order valence-corrected chi connectivity index (χ0v) is 11.4. The van der Waals surface area contributed by atoms with Crippen LogP contribution in [0, 0.1) is 13.8 Å². The van der Waals surface area contributed by atoms with Crippen LogP contribution in [0.3, 0.4) is 0 Å². The number of pyridine rings is 1. The van der Waals surface area contributed by atoms with Crippen LogP contribution in [0.1, 0.15) is 20.9 Å². The second-order valence-corrected chi connectivity index (χ2v) is 5.40. The molecule has 3 heterocycles. The normalized spacial score (nSPS) is 10.8. The fourth-order valence-corrected chi connectivity index (χ4v) is 2.63. The second kappa shape index (κ2) is 4.47. The standard InChI is InChI=1S/C13H12N4OS/c1-8-9(2)19-13(15-8)16-12(18)10-4-3-6-17-7-5-14-11(10)17/h3-7H,1-2H3,(H,15,16,18). The molecule has 19 heavy (non-hydrogen) atoms. The molecule has 0 unspecified atom stereocenters. The van der Waals surface area contributed by atoms with Gasteiger partial charge in [-0.05, 0) is 26.0 Å². The largest absolute Gasteiger partial charge is 0.306 e. The Kier molecular flexibility index (Phi) is 2.79. The Hall–Kier alpha value is -2.21. The average Bonchev–Trinajstić information content (AvgIpc) is 2.96. The molecule has 0 aliphatic rings. The molecule has 0 bridgehead atoms. The molecule has 6 heteroatoms. The monoisotopic (exact) mass is 272 g/mol. The maximum absolute atomic E-state index is 12.2. The van der Waals surface area contributed by atoms with E-state index in [-0.39, 0.29) is 5.91 Å². The third-order valence-electron chi connectivity index (χ3n) is 2.91. The summed E-state index contributed by atoms with van der Waals surface area (Å²) in [5.41, 5.74) is 2.13. The van der Waals surface area contributed by atoms with Gasteiger partial charge in [-0.1, -0.05) is 0 Å². The number of hydrogen-bond acceptors (Lipinski definition) is 4. The van der Waals surface area contributed by atoms with Crippen molar-refractivity contribution in [1.82, 2.24) is 14.4 Å².